The Labute approximate surface area is 160 Å². The second kappa shape index (κ2) is 7.51. The molecule has 0 spiro atoms. The van der Waals surface area contributed by atoms with E-state index in [2.05, 4.69) is 15.3 Å². The Hall–Kier alpha value is -2.32. The highest BCUT2D eigenvalue weighted by atomic mass is 32.2. The molecule has 0 aliphatic heterocycles. The number of thioether (sulfide) groups is 1. The fourth-order valence-electron chi connectivity index (χ4n) is 2.51. The summed E-state index contributed by atoms with van der Waals surface area (Å²) in [4.78, 5) is 23.5. The highest BCUT2D eigenvalue weighted by Gasteiger charge is 2.19. The van der Waals surface area contributed by atoms with Crippen molar-refractivity contribution in [2.75, 3.05) is 18.2 Å². The predicted octanol–water partition coefficient (Wildman–Crippen LogP) is 4.02. The summed E-state index contributed by atoms with van der Waals surface area (Å²) >= 11 is 2.87. The van der Waals surface area contributed by atoms with Crippen molar-refractivity contribution in [1.82, 2.24) is 9.97 Å². The number of aryl methyl sites for hydroxylation is 2. The van der Waals surface area contributed by atoms with E-state index in [0.717, 1.165) is 15.8 Å². The minimum atomic E-state index is -0.390. The van der Waals surface area contributed by atoms with Gasteiger partial charge < -0.3 is 15.8 Å². The molecule has 2 heterocycles. The average Bonchev–Trinajstić information content (AvgIpc) is 2.89. The topological polar surface area (TPSA) is 90.1 Å². The summed E-state index contributed by atoms with van der Waals surface area (Å²) in [5.74, 6) is 0.918. The molecule has 1 aromatic carbocycles. The maximum atomic E-state index is 12.5. The van der Waals surface area contributed by atoms with Gasteiger partial charge in [-0.1, -0.05) is 23.9 Å². The largest absolute Gasteiger partial charge is 0.495 e. The minimum absolute atomic E-state index is 0.152. The van der Waals surface area contributed by atoms with Crippen molar-refractivity contribution in [3.05, 3.63) is 34.7 Å². The first kappa shape index (κ1) is 18.5. The first-order chi connectivity index (χ1) is 12.4. The zero-order valence-corrected chi connectivity index (χ0v) is 16.6. The number of nitrogens with one attached hydrogen (secondary N) is 1. The number of para-hydroxylation sites is 2. The van der Waals surface area contributed by atoms with Crippen molar-refractivity contribution in [3.8, 4) is 5.75 Å². The van der Waals surface area contributed by atoms with Crippen molar-refractivity contribution >= 4 is 50.7 Å². The number of amides is 1. The Bertz CT molecular complexity index is 971. The molecule has 0 aliphatic rings. The molecule has 2 aromatic heterocycles. The van der Waals surface area contributed by atoms with Crippen LogP contribution < -0.4 is 15.8 Å². The van der Waals surface area contributed by atoms with Gasteiger partial charge in [0.1, 0.15) is 16.4 Å². The van der Waals surface area contributed by atoms with Crippen molar-refractivity contribution in [1.29, 1.82) is 0 Å². The molecule has 0 aliphatic carbocycles. The SMILES string of the molecule is COc1ccccc1NC(=O)[C@@H](C)Sc1nc(N)c2c(C)c(C)sc2n1. The van der Waals surface area contributed by atoms with Gasteiger partial charge >= 0.3 is 0 Å². The summed E-state index contributed by atoms with van der Waals surface area (Å²) in [6, 6.07) is 7.29. The Morgan fingerprint density at radius 2 is 2.04 bits per heavy atom. The van der Waals surface area contributed by atoms with Crippen LogP contribution >= 0.6 is 23.1 Å². The van der Waals surface area contributed by atoms with Crippen LogP contribution in [0.15, 0.2) is 29.4 Å². The molecule has 1 amide bonds. The number of fused-ring (bicyclic) bond motifs is 1. The minimum Gasteiger partial charge on any atom is -0.495 e. The van der Waals surface area contributed by atoms with Crippen molar-refractivity contribution < 1.29 is 9.53 Å². The van der Waals surface area contributed by atoms with E-state index in [1.165, 1.54) is 16.6 Å². The molecular formula is C18H20N4O2S2. The van der Waals surface area contributed by atoms with Gasteiger partial charge in [-0.15, -0.1) is 11.3 Å². The van der Waals surface area contributed by atoms with E-state index in [-0.39, 0.29) is 11.2 Å². The van der Waals surface area contributed by atoms with Gasteiger partial charge in [0.2, 0.25) is 5.91 Å². The number of thiophene rings is 1. The smallest absolute Gasteiger partial charge is 0.237 e. The number of carbonyl (C=O) groups is 1. The first-order valence-electron chi connectivity index (χ1n) is 8.04. The van der Waals surface area contributed by atoms with Gasteiger partial charge in [0.25, 0.3) is 0 Å². The van der Waals surface area contributed by atoms with Crippen LogP contribution in [0.25, 0.3) is 10.2 Å². The van der Waals surface area contributed by atoms with Crippen molar-refractivity contribution in [3.63, 3.8) is 0 Å². The molecule has 0 saturated carbocycles. The fourth-order valence-corrected chi connectivity index (χ4v) is 4.38. The lowest BCUT2D eigenvalue weighted by Crippen LogP contribution is -2.23. The molecule has 3 N–H and O–H groups in total. The zero-order chi connectivity index (χ0) is 18.8. The molecule has 0 unspecified atom stereocenters. The van der Waals surface area contributed by atoms with Gasteiger partial charge in [0.15, 0.2) is 5.16 Å². The summed E-state index contributed by atoms with van der Waals surface area (Å²) in [7, 11) is 1.57. The number of nitrogens with two attached hydrogens (primary N) is 1. The zero-order valence-electron chi connectivity index (χ0n) is 15.0. The van der Waals surface area contributed by atoms with E-state index in [4.69, 9.17) is 10.5 Å². The van der Waals surface area contributed by atoms with Crippen LogP contribution in [0.1, 0.15) is 17.4 Å². The second-order valence-corrected chi connectivity index (χ2v) is 8.32. The molecule has 1 atom stereocenters. The maximum Gasteiger partial charge on any atom is 0.237 e. The molecule has 3 rings (SSSR count). The molecule has 0 fully saturated rings. The van der Waals surface area contributed by atoms with Crippen LogP contribution in [0.2, 0.25) is 0 Å². The van der Waals surface area contributed by atoms with Gasteiger partial charge in [-0.25, -0.2) is 9.97 Å². The molecule has 136 valence electrons. The molecule has 8 heteroatoms. The molecule has 0 radical (unpaired) electrons. The molecule has 0 saturated heterocycles. The Morgan fingerprint density at radius 3 is 2.77 bits per heavy atom. The quantitative estimate of drug-likeness (QED) is 0.507. The Morgan fingerprint density at radius 1 is 1.31 bits per heavy atom. The summed E-state index contributed by atoms with van der Waals surface area (Å²) in [5.41, 5.74) is 7.85. The molecule has 26 heavy (non-hydrogen) atoms. The summed E-state index contributed by atoms with van der Waals surface area (Å²) < 4.78 is 5.26. The third-order valence-corrected chi connectivity index (χ3v) is 6.11. The van der Waals surface area contributed by atoms with E-state index < -0.39 is 0 Å². The van der Waals surface area contributed by atoms with Crippen LogP contribution in [-0.4, -0.2) is 28.2 Å². The van der Waals surface area contributed by atoms with Gasteiger partial charge in [-0.2, -0.15) is 0 Å². The number of methoxy groups -OCH3 is 1. The second-order valence-electron chi connectivity index (χ2n) is 5.80. The Kier molecular flexibility index (Phi) is 5.33. The first-order valence-corrected chi connectivity index (χ1v) is 9.74. The van der Waals surface area contributed by atoms with Gasteiger partial charge in [0.05, 0.1) is 23.4 Å². The van der Waals surface area contributed by atoms with Crippen LogP contribution in [0, 0.1) is 13.8 Å². The summed E-state index contributed by atoms with van der Waals surface area (Å²) in [5, 5.41) is 3.89. The molecule has 0 bridgehead atoms. The number of benzene rings is 1. The third-order valence-electron chi connectivity index (χ3n) is 4.05. The molecule has 3 aromatic rings. The monoisotopic (exact) mass is 388 g/mol. The number of hydrogen-bond donors (Lipinski definition) is 2. The number of hydrogen-bond acceptors (Lipinski definition) is 7. The van der Waals surface area contributed by atoms with Crippen molar-refractivity contribution in [2.24, 2.45) is 0 Å². The third kappa shape index (κ3) is 3.61. The summed E-state index contributed by atoms with van der Waals surface area (Å²) in [6.07, 6.45) is 0. The van der Waals surface area contributed by atoms with Crippen molar-refractivity contribution in [2.45, 2.75) is 31.2 Å². The molecule has 6 nitrogen and oxygen atoms in total. The standard InChI is InChI=1S/C18H20N4O2S2/c1-9-10(2)25-17-14(9)15(19)21-18(22-17)26-11(3)16(23)20-12-7-5-6-8-13(12)24-4/h5-8,11H,1-4H3,(H,20,23)(H2,19,21,22)/t11-/m1/s1. The highest BCUT2D eigenvalue weighted by molar-refractivity contribution is 8.00. The number of aromatic nitrogens is 2. The van der Waals surface area contributed by atoms with Crippen LogP contribution in [0.3, 0.4) is 0 Å². The number of nitrogens with zero attached hydrogens (tertiary/aromatic N) is 2. The number of anilines is 2. The average molecular weight is 389 g/mol. The van der Waals surface area contributed by atoms with E-state index in [1.54, 1.807) is 30.6 Å². The van der Waals surface area contributed by atoms with Crippen LogP contribution in [0.4, 0.5) is 11.5 Å². The number of ether oxygens (including phenoxy) is 1. The number of nitrogen functional groups attached to an aromatic ring is 1. The Balaban J connectivity index is 1.78. The van der Waals surface area contributed by atoms with E-state index in [0.29, 0.717) is 22.4 Å². The van der Waals surface area contributed by atoms with E-state index >= 15 is 0 Å². The lowest BCUT2D eigenvalue weighted by molar-refractivity contribution is -0.115. The van der Waals surface area contributed by atoms with E-state index in [1.807, 2.05) is 32.9 Å². The van der Waals surface area contributed by atoms with Crippen LogP contribution in [-0.2, 0) is 4.79 Å². The van der Waals surface area contributed by atoms with E-state index in [9.17, 15) is 4.79 Å². The normalized spacial score (nSPS) is 12.2. The number of rotatable bonds is 5. The fraction of sp³-hybridized carbons (Fsp3) is 0.278. The predicted molar refractivity (Wildman–Crippen MR) is 108 cm³/mol. The molecular weight excluding hydrogens is 368 g/mol. The summed E-state index contributed by atoms with van der Waals surface area (Å²) in [6.45, 7) is 5.87. The van der Waals surface area contributed by atoms with Gasteiger partial charge in [-0.3, -0.25) is 4.79 Å². The van der Waals surface area contributed by atoms with Gasteiger partial charge in [0, 0.05) is 4.88 Å². The lowest BCUT2D eigenvalue weighted by Gasteiger charge is -2.13. The highest BCUT2D eigenvalue weighted by Crippen LogP contribution is 2.34. The number of carbonyl (C=O) groups excluding carboxylic acids is 1. The van der Waals surface area contributed by atoms with Gasteiger partial charge in [-0.05, 0) is 38.5 Å². The lowest BCUT2D eigenvalue weighted by atomic mass is 10.2. The maximum absolute atomic E-state index is 12.5. The van der Waals surface area contributed by atoms with Crippen LogP contribution in [0.5, 0.6) is 5.75 Å².